The molecule has 40 heavy (non-hydrogen) atoms. The lowest BCUT2D eigenvalue weighted by Gasteiger charge is -2.34. The van der Waals surface area contributed by atoms with E-state index < -0.39 is 28.5 Å². The first kappa shape index (κ1) is 30.7. The van der Waals surface area contributed by atoms with Crippen molar-refractivity contribution < 1.29 is 22.7 Å². The minimum absolute atomic E-state index is 0.0765. The predicted octanol–water partition coefficient (Wildman–Crippen LogP) is 4.84. The maximum Gasteiger partial charge on any atom is 0.264 e. The number of amides is 2. The highest BCUT2D eigenvalue weighted by molar-refractivity contribution is 7.92. The first-order valence-corrected chi connectivity index (χ1v) is 14.8. The Morgan fingerprint density at radius 3 is 2.25 bits per heavy atom. The van der Waals surface area contributed by atoms with Crippen LogP contribution in [0.1, 0.15) is 43.9 Å². The highest BCUT2D eigenvalue weighted by Gasteiger charge is 2.34. The number of ether oxygens (including phenoxy) is 1. The van der Waals surface area contributed by atoms with Crippen molar-refractivity contribution in [2.45, 2.75) is 64.6 Å². The fourth-order valence-electron chi connectivity index (χ4n) is 4.51. The minimum Gasteiger partial charge on any atom is -0.497 e. The van der Waals surface area contributed by atoms with Crippen molar-refractivity contribution in [1.82, 2.24) is 10.2 Å². The smallest absolute Gasteiger partial charge is 0.264 e. The van der Waals surface area contributed by atoms with Crippen molar-refractivity contribution in [1.29, 1.82) is 0 Å². The van der Waals surface area contributed by atoms with Crippen LogP contribution in [0.25, 0.3) is 0 Å². The number of rotatable bonds is 12. The molecule has 3 aromatic rings. The SMILES string of the molecule is CCC(C(=O)NC(C)C)N(Cc1cccc(OC)c1)C(=O)CN(c1cccc(C)c1C)S(=O)(=O)c1ccccc1. The van der Waals surface area contributed by atoms with Crippen molar-refractivity contribution in [3.05, 3.63) is 89.5 Å². The van der Waals surface area contributed by atoms with E-state index in [0.717, 1.165) is 21.0 Å². The minimum atomic E-state index is -4.11. The van der Waals surface area contributed by atoms with Crippen molar-refractivity contribution in [2.75, 3.05) is 18.0 Å². The summed E-state index contributed by atoms with van der Waals surface area (Å²) in [6, 6.07) is 19.8. The summed E-state index contributed by atoms with van der Waals surface area (Å²) in [6.45, 7) is 8.90. The third kappa shape index (κ3) is 7.21. The molecule has 0 spiro atoms. The third-order valence-electron chi connectivity index (χ3n) is 6.76. The van der Waals surface area contributed by atoms with Gasteiger partial charge < -0.3 is 15.0 Å². The van der Waals surface area contributed by atoms with Crippen molar-refractivity contribution in [2.24, 2.45) is 0 Å². The number of nitrogens with one attached hydrogen (secondary N) is 1. The summed E-state index contributed by atoms with van der Waals surface area (Å²) in [5.41, 5.74) is 2.82. The lowest BCUT2D eigenvalue weighted by Crippen LogP contribution is -2.53. The standard InChI is InChI=1S/C31H39N3O5S/c1-7-28(31(36)32-22(2)3)33(20-25-14-12-15-26(19-25)39-6)30(35)21-34(29-18-11-13-23(4)24(29)5)40(37,38)27-16-9-8-10-17-27/h8-19,22,28H,7,20-21H2,1-6H3,(H,32,36). The molecule has 0 aromatic heterocycles. The van der Waals surface area contributed by atoms with Crippen LogP contribution in [0.15, 0.2) is 77.7 Å². The monoisotopic (exact) mass is 565 g/mol. The van der Waals surface area contributed by atoms with Gasteiger partial charge in [-0.2, -0.15) is 0 Å². The second kappa shape index (κ2) is 13.5. The lowest BCUT2D eigenvalue weighted by atomic mass is 10.1. The highest BCUT2D eigenvalue weighted by Crippen LogP contribution is 2.29. The number of hydrogen-bond acceptors (Lipinski definition) is 5. The first-order valence-electron chi connectivity index (χ1n) is 13.4. The zero-order valence-corrected chi connectivity index (χ0v) is 24.9. The van der Waals surface area contributed by atoms with Gasteiger partial charge >= 0.3 is 0 Å². The molecule has 1 unspecified atom stereocenters. The van der Waals surface area contributed by atoms with E-state index in [9.17, 15) is 18.0 Å². The fraction of sp³-hybridized carbons (Fsp3) is 0.355. The van der Waals surface area contributed by atoms with Crippen LogP contribution < -0.4 is 14.4 Å². The molecule has 0 aliphatic heterocycles. The van der Waals surface area contributed by atoms with Crippen LogP contribution in [-0.2, 0) is 26.2 Å². The average Bonchev–Trinajstić information content (AvgIpc) is 2.93. The van der Waals surface area contributed by atoms with Gasteiger partial charge in [-0.1, -0.05) is 49.4 Å². The Bertz CT molecular complexity index is 1420. The molecule has 214 valence electrons. The van der Waals surface area contributed by atoms with Crippen molar-refractivity contribution in [3.8, 4) is 5.75 Å². The number of carbonyl (C=O) groups excluding carboxylic acids is 2. The van der Waals surface area contributed by atoms with Gasteiger partial charge in [0, 0.05) is 12.6 Å². The number of nitrogens with zero attached hydrogens (tertiary/aromatic N) is 2. The van der Waals surface area contributed by atoms with Gasteiger partial charge in [0.25, 0.3) is 10.0 Å². The Labute approximate surface area is 238 Å². The molecule has 0 aliphatic rings. The number of methoxy groups -OCH3 is 1. The molecule has 0 saturated carbocycles. The maximum absolute atomic E-state index is 14.2. The average molecular weight is 566 g/mol. The van der Waals surface area contributed by atoms with E-state index in [-0.39, 0.29) is 23.4 Å². The van der Waals surface area contributed by atoms with Gasteiger partial charge in [0.2, 0.25) is 11.8 Å². The Kier molecular flexibility index (Phi) is 10.3. The number of sulfonamides is 1. The highest BCUT2D eigenvalue weighted by atomic mass is 32.2. The van der Waals surface area contributed by atoms with Gasteiger partial charge in [-0.3, -0.25) is 13.9 Å². The molecule has 3 rings (SSSR count). The molecule has 1 N–H and O–H groups in total. The van der Waals surface area contributed by atoms with Gasteiger partial charge in [-0.15, -0.1) is 0 Å². The fourth-order valence-corrected chi connectivity index (χ4v) is 6.00. The summed E-state index contributed by atoms with van der Waals surface area (Å²) in [5, 5.41) is 2.91. The van der Waals surface area contributed by atoms with E-state index in [2.05, 4.69) is 5.32 Å². The van der Waals surface area contributed by atoms with Gasteiger partial charge in [0.05, 0.1) is 17.7 Å². The van der Waals surface area contributed by atoms with E-state index >= 15 is 0 Å². The lowest BCUT2D eigenvalue weighted by molar-refractivity contribution is -0.140. The van der Waals surface area contributed by atoms with Crippen molar-refractivity contribution >= 4 is 27.5 Å². The molecule has 8 nitrogen and oxygen atoms in total. The number of carbonyl (C=O) groups is 2. The van der Waals surface area contributed by atoms with Crippen molar-refractivity contribution in [3.63, 3.8) is 0 Å². The third-order valence-corrected chi connectivity index (χ3v) is 8.53. The van der Waals surface area contributed by atoms with Gasteiger partial charge in [0.1, 0.15) is 18.3 Å². The zero-order valence-electron chi connectivity index (χ0n) is 24.0. The van der Waals surface area contributed by atoms with E-state index in [1.165, 1.54) is 17.0 Å². The van der Waals surface area contributed by atoms with Crippen LogP contribution in [0.2, 0.25) is 0 Å². The summed E-state index contributed by atoms with van der Waals surface area (Å²) < 4.78 is 34.5. The zero-order chi connectivity index (χ0) is 29.4. The molecular formula is C31H39N3O5S. The van der Waals surface area contributed by atoms with Crippen LogP contribution in [0, 0.1) is 13.8 Å². The summed E-state index contributed by atoms with van der Waals surface area (Å²) in [7, 11) is -2.55. The number of anilines is 1. The number of aryl methyl sites for hydroxylation is 1. The molecule has 1 atom stereocenters. The van der Waals surface area contributed by atoms with Gasteiger partial charge in [0.15, 0.2) is 0 Å². The van der Waals surface area contributed by atoms with E-state index in [1.807, 2.05) is 52.8 Å². The van der Waals surface area contributed by atoms with Crippen LogP contribution in [0.5, 0.6) is 5.75 Å². The summed E-state index contributed by atoms with van der Waals surface area (Å²) in [6.07, 6.45) is 0.350. The molecule has 3 aromatic carbocycles. The maximum atomic E-state index is 14.2. The largest absolute Gasteiger partial charge is 0.497 e. The molecule has 0 bridgehead atoms. The van der Waals surface area contributed by atoms with Gasteiger partial charge in [-0.05, 0) is 81.1 Å². The summed E-state index contributed by atoms with van der Waals surface area (Å²) in [5.74, 6) is -0.166. The molecule has 2 amide bonds. The van der Waals surface area contributed by atoms with Crippen LogP contribution in [0.3, 0.4) is 0 Å². The van der Waals surface area contributed by atoms with E-state index in [4.69, 9.17) is 4.74 Å². The Balaban J connectivity index is 2.10. The Morgan fingerprint density at radius 1 is 0.950 bits per heavy atom. The van der Waals surface area contributed by atoms with E-state index in [1.54, 1.807) is 49.6 Å². The topological polar surface area (TPSA) is 96.0 Å². The predicted molar refractivity (Wildman–Crippen MR) is 158 cm³/mol. The second-order valence-electron chi connectivity index (χ2n) is 10.0. The Hall–Kier alpha value is -3.85. The second-order valence-corrected chi connectivity index (χ2v) is 11.9. The van der Waals surface area contributed by atoms with Gasteiger partial charge in [-0.25, -0.2) is 8.42 Å². The molecule has 9 heteroatoms. The quantitative estimate of drug-likeness (QED) is 0.339. The van der Waals surface area contributed by atoms with Crippen LogP contribution in [-0.4, -0.2) is 50.9 Å². The number of hydrogen-bond donors (Lipinski definition) is 1. The first-order chi connectivity index (χ1) is 19.0. The van der Waals surface area contributed by atoms with Crippen LogP contribution >= 0.6 is 0 Å². The summed E-state index contributed by atoms with van der Waals surface area (Å²) >= 11 is 0. The number of benzene rings is 3. The summed E-state index contributed by atoms with van der Waals surface area (Å²) in [4.78, 5) is 29.0. The molecule has 0 fully saturated rings. The normalized spacial score (nSPS) is 12.1. The Morgan fingerprint density at radius 2 is 1.62 bits per heavy atom. The molecule has 0 radical (unpaired) electrons. The molecule has 0 saturated heterocycles. The van der Waals surface area contributed by atoms with Crippen LogP contribution in [0.4, 0.5) is 5.69 Å². The molecular weight excluding hydrogens is 526 g/mol. The van der Waals surface area contributed by atoms with E-state index in [0.29, 0.717) is 17.9 Å². The molecule has 0 heterocycles. The molecule has 0 aliphatic carbocycles.